The molecule has 1 heterocycles. The number of nitrogens with zero attached hydrogens (tertiary/aromatic N) is 1. The smallest absolute Gasteiger partial charge is 0.235 e. The van der Waals surface area contributed by atoms with Crippen LogP contribution in [0.2, 0.25) is 0 Å². The highest BCUT2D eigenvalue weighted by Gasteiger charge is 2.30. The highest BCUT2D eigenvalue weighted by Crippen LogP contribution is 2.19. The molecule has 160 valence electrons. The molecule has 0 spiro atoms. The molecule has 1 aliphatic rings. The molecule has 0 aromatic rings. The fourth-order valence-electron chi connectivity index (χ4n) is 2.80. The molecule has 1 fully saturated rings. The van der Waals surface area contributed by atoms with Gasteiger partial charge in [-0.3, -0.25) is 35.3 Å². The maximum absolute atomic E-state index is 12.2. The van der Waals surface area contributed by atoms with Gasteiger partial charge in [0.15, 0.2) is 0 Å². The number of hydrogen-bond acceptors (Lipinski definition) is 7. The van der Waals surface area contributed by atoms with Crippen molar-refractivity contribution in [2.45, 2.75) is 77.4 Å². The summed E-state index contributed by atoms with van der Waals surface area (Å²) in [4.78, 5) is 47.9. The van der Waals surface area contributed by atoms with Crippen molar-refractivity contribution >= 4 is 23.6 Å². The van der Waals surface area contributed by atoms with Gasteiger partial charge in [0, 0.05) is 44.4 Å². The van der Waals surface area contributed by atoms with Crippen LogP contribution in [0.4, 0.5) is 0 Å². The lowest BCUT2D eigenvalue weighted by Gasteiger charge is -2.30. The Labute approximate surface area is 165 Å². The summed E-state index contributed by atoms with van der Waals surface area (Å²) in [5.41, 5.74) is 3.39. The summed E-state index contributed by atoms with van der Waals surface area (Å²) >= 11 is 0. The van der Waals surface area contributed by atoms with E-state index in [1.54, 1.807) is 0 Å². The Morgan fingerprint density at radius 1 is 1.04 bits per heavy atom. The van der Waals surface area contributed by atoms with Gasteiger partial charge in [-0.05, 0) is 40.5 Å². The van der Waals surface area contributed by atoms with Gasteiger partial charge in [0.1, 0.15) is 0 Å². The number of amides is 4. The fourth-order valence-corrected chi connectivity index (χ4v) is 2.80. The van der Waals surface area contributed by atoms with Crippen LogP contribution in [0.25, 0.3) is 0 Å². The van der Waals surface area contributed by atoms with Gasteiger partial charge in [-0.25, -0.2) is 0 Å². The third-order valence-corrected chi connectivity index (χ3v) is 4.58. The second-order valence-corrected chi connectivity index (χ2v) is 8.17. The molecule has 0 aliphatic carbocycles. The van der Waals surface area contributed by atoms with E-state index in [1.165, 1.54) is 0 Å². The number of rotatable bonds is 12. The minimum atomic E-state index is -0.507. The van der Waals surface area contributed by atoms with E-state index in [0.29, 0.717) is 19.4 Å². The number of imide groups is 1. The number of carbonyl (C=O) groups is 4. The zero-order valence-electron chi connectivity index (χ0n) is 17.2. The molecule has 0 radical (unpaired) electrons. The summed E-state index contributed by atoms with van der Waals surface area (Å²) in [7, 11) is 0. The van der Waals surface area contributed by atoms with E-state index in [4.69, 9.17) is 10.6 Å². The molecule has 0 aromatic carbocycles. The molecule has 0 saturated carbocycles. The minimum absolute atomic E-state index is 0.0809. The number of ether oxygens (including phenoxy) is 1. The van der Waals surface area contributed by atoms with Crippen LogP contribution in [0.15, 0.2) is 0 Å². The van der Waals surface area contributed by atoms with E-state index in [-0.39, 0.29) is 55.9 Å². The summed E-state index contributed by atoms with van der Waals surface area (Å²) in [5, 5.41) is 2.91. The molecule has 0 atom stereocenters. The number of nitrogens with two attached hydrogens (primary N) is 1. The molecule has 5 N–H and O–H groups in total. The van der Waals surface area contributed by atoms with Crippen LogP contribution in [-0.4, -0.2) is 52.8 Å². The Balaban J connectivity index is 2.32. The first-order chi connectivity index (χ1) is 13.0. The molecule has 0 aromatic heterocycles. The zero-order valence-corrected chi connectivity index (χ0v) is 17.2. The average Bonchev–Trinajstić information content (AvgIpc) is 2.89. The molecule has 0 unspecified atom stereocenters. The van der Waals surface area contributed by atoms with Gasteiger partial charge in [0.05, 0.1) is 5.60 Å². The van der Waals surface area contributed by atoms with Crippen molar-refractivity contribution in [2.75, 3.05) is 13.2 Å². The second-order valence-electron chi connectivity index (χ2n) is 8.17. The van der Waals surface area contributed by atoms with Crippen molar-refractivity contribution in [2.24, 2.45) is 5.84 Å². The van der Waals surface area contributed by atoms with Crippen LogP contribution in [0.5, 0.6) is 0 Å². The van der Waals surface area contributed by atoms with E-state index in [1.807, 2.05) is 27.7 Å². The lowest BCUT2D eigenvalue weighted by Crippen LogP contribution is -2.46. The summed E-state index contributed by atoms with van der Waals surface area (Å²) < 4.78 is 5.86. The molecular formula is C18H33N5O5. The van der Waals surface area contributed by atoms with Crippen LogP contribution >= 0.6 is 0 Å². The molecule has 1 rings (SSSR count). The highest BCUT2D eigenvalue weighted by atomic mass is 16.5. The summed E-state index contributed by atoms with van der Waals surface area (Å²) in [5.74, 6) is 4.15. The molecule has 1 saturated heterocycles. The van der Waals surface area contributed by atoms with Crippen molar-refractivity contribution in [1.29, 1.82) is 0 Å². The van der Waals surface area contributed by atoms with Gasteiger partial charge in [0.25, 0.3) is 0 Å². The molecule has 1 aliphatic heterocycles. The van der Waals surface area contributed by atoms with Crippen LogP contribution in [0.1, 0.15) is 66.2 Å². The highest BCUT2D eigenvalue weighted by molar-refractivity contribution is 6.02. The van der Waals surface area contributed by atoms with Crippen LogP contribution in [0.3, 0.4) is 0 Å². The topological polar surface area (TPSA) is 143 Å². The van der Waals surface area contributed by atoms with Gasteiger partial charge in [0.2, 0.25) is 23.6 Å². The number of nitrogens with one attached hydrogen (secondary N) is 3. The predicted molar refractivity (Wildman–Crippen MR) is 102 cm³/mol. The van der Waals surface area contributed by atoms with Crippen molar-refractivity contribution in [3.63, 3.8) is 0 Å². The first-order valence-corrected chi connectivity index (χ1v) is 9.48. The van der Waals surface area contributed by atoms with Crippen molar-refractivity contribution in [1.82, 2.24) is 21.2 Å². The number of hydrazine groups is 2. The minimum Gasteiger partial charge on any atom is -0.375 e. The van der Waals surface area contributed by atoms with Crippen LogP contribution in [0, 0.1) is 0 Å². The van der Waals surface area contributed by atoms with E-state index in [9.17, 15) is 19.2 Å². The number of likely N-dealkylation sites (tertiary alicyclic amines) is 1. The molecule has 28 heavy (non-hydrogen) atoms. The van der Waals surface area contributed by atoms with E-state index >= 15 is 0 Å². The number of carbonyl (C=O) groups excluding carboxylic acids is 4. The maximum atomic E-state index is 12.2. The summed E-state index contributed by atoms with van der Waals surface area (Å²) in [6.07, 6.45) is 1.89. The van der Waals surface area contributed by atoms with Crippen LogP contribution in [-0.2, 0) is 23.9 Å². The van der Waals surface area contributed by atoms with Crippen LogP contribution < -0.4 is 22.1 Å². The number of hydrogen-bond donors (Lipinski definition) is 4. The third-order valence-electron chi connectivity index (χ3n) is 4.58. The van der Waals surface area contributed by atoms with Crippen molar-refractivity contribution < 1.29 is 23.9 Å². The Morgan fingerprint density at radius 2 is 1.64 bits per heavy atom. The second kappa shape index (κ2) is 10.5. The first kappa shape index (κ1) is 24.0. The zero-order chi connectivity index (χ0) is 21.4. The van der Waals surface area contributed by atoms with Gasteiger partial charge >= 0.3 is 0 Å². The molecular weight excluding hydrogens is 366 g/mol. The molecule has 4 amide bonds. The Hall–Kier alpha value is -2.04. The Bertz CT molecular complexity index is 575. The van der Waals surface area contributed by atoms with Gasteiger partial charge in [-0.1, -0.05) is 0 Å². The third kappa shape index (κ3) is 8.77. The maximum Gasteiger partial charge on any atom is 0.235 e. The van der Waals surface area contributed by atoms with E-state index in [0.717, 1.165) is 4.90 Å². The normalized spacial score (nSPS) is 15.1. The summed E-state index contributed by atoms with van der Waals surface area (Å²) in [6.45, 7) is 8.07. The Morgan fingerprint density at radius 3 is 2.21 bits per heavy atom. The summed E-state index contributed by atoms with van der Waals surface area (Å²) in [6, 6.07) is 0. The fraction of sp³-hybridized carbons (Fsp3) is 0.778. The van der Waals surface area contributed by atoms with Crippen molar-refractivity contribution in [3.8, 4) is 0 Å². The SMILES string of the molecule is CC(C)(CCOC(C)(C)CCC(=O)NNN)NC(=O)CCN1C(=O)CCC1=O. The molecule has 0 bridgehead atoms. The Kier molecular flexibility index (Phi) is 8.99. The monoisotopic (exact) mass is 399 g/mol. The van der Waals surface area contributed by atoms with E-state index in [2.05, 4.69) is 16.3 Å². The standard InChI is InChI=1S/C18H33N5O5/c1-17(2,10-12-28-18(3,4)9-7-14(25)21-22-19)20-13(24)8-11-23-15(26)5-6-16(23)27/h22H,5-12,19H2,1-4H3,(H,20,24)(H,21,25). The largest absolute Gasteiger partial charge is 0.375 e. The van der Waals surface area contributed by atoms with Gasteiger partial charge in [-0.2, -0.15) is 5.53 Å². The lowest BCUT2D eigenvalue weighted by atomic mass is 9.99. The van der Waals surface area contributed by atoms with Gasteiger partial charge < -0.3 is 10.1 Å². The van der Waals surface area contributed by atoms with E-state index < -0.39 is 11.1 Å². The average molecular weight is 399 g/mol. The van der Waals surface area contributed by atoms with Gasteiger partial charge in [-0.15, -0.1) is 0 Å². The quantitative estimate of drug-likeness (QED) is 0.203. The molecule has 10 heteroatoms. The lowest BCUT2D eigenvalue weighted by molar-refractivity contribution is -0.138. The predicted octanol–water partition coefficient (Wildman–Crippen LogP) is -0.120. The molecule has 10 nitrogen and oxygen atoms in total. The first-order valence-electron chi connectivity index (χ1n) is 9.48. The van der Waals surface area contributed by atoms with Crippen molar-refractivity contribution in [3.05, 3.63) is 0 Å².